The van der Waals surface area contributed by atoms with E-state index in [0.717, 1.165) is 42.1 Å². The summed E-state index contributed by atoms with van der Waals surface area (Å²) in [5.41, 5.74) is 6.91. The highest BCUT2D eigenvalue weighted by molar-refractivity contribution is 5.88. The number of piperidine rings is 1. The van der Waals surface area contributed by atoms with Crippen molar-refractivity contribution in [2.24, 2.45) is 0 Å². The van der Waals surface area contributed by atoms with Gasteiger partial charge in [0.1, 0.15) is 11.2 Å². The summed E-state index contributed by atoms with van der Waals surface area (Å²) < 4.78 is 10.9. The van der Waals surface area contributed by atoms with Crippen molar-refractivity contribution < 1.29 is 19.1 Å². The SMILES string of the molecule is CC(C)(C)OC(=O)N(Cc1cc(N)ccc1N1CCCCC1)C(=O)OC(C)(C)C. The Kier molecular flexibility index (Phi) is 7.03. The standard InChI is InChI=1S/C22H35N3O4/c1-21(2,3)28-19(26)25(20(27)29-22(4,5)6)15-16-14-17(23)10-11-18(16)24-12-8-7-9-13-24/h10-11,14H,7-9,12-13,15,23H2,1-6H3. The number of hydrogen-bond donors (Lipinski definition) is 1. The number of nitrogens with zero attached hydrogens (tertiary/aromatic N) is 2. The summed E-state index contributed by atoms with van der Waals surface area (Å²) >= 11 is 0. The zero-order valence-corrected chi connectivity index (χ0v) is 18.6. The first kappa shape index (κ1) is 22.8. The first-order valence-electron chi connectivity index (χ1n) is 10.2. The molecule has 1 aromatic rings. The summed E-state index contributed by atoms with van der Waals surface area (Å²) in [4.78, 5) is 28.9. The fourth-order valence-electron chi connectivity index (χ4n) is 3.18. The molecule has 0 saturated carbocycles. The fourth-order valence-corrected chi connectivity index (χ4v) is 3.18. The van der Waals surface area contributed by atoms with Crippen LogP contribution in [0.5, 0.6) is 0 Å². The van der Waals surface area contributed by atoms with Gasteiger partial charge in [-0.05, 0) is 84.6 Å². The number of imide groups is 1. The van der Waals surface area contributed by atoms with Crippen LogP contribution in [0.25, 0.3) is 0 Å². The minimum atomic E-state index is -0.737. The third-order valence-corrected chi connectivity index (χ3v) is 4.36. The van der Waals surface area contributed by atoms with Gasteiger partial charge in [0.2, 0.25) is 0 Å². The van der Waals surface area contributed by atoms with Crippen LogP contribution in [0.1, 0.15) is 66.4 Å². The summed E-state index contributed by atoms with van der Waals surface area (Å²) in [6, 6.07) is 5.61. The molecule has 1 saturated heterocycles. The number of carbonyl (C=O) groups is 2. The van der Waals surface area contributed by atoms with E-state index in [1.165, 1.54) is 6.42 Å². The molecule has 1 aliphatic heterocycles. The second-order valence-electron chi connectivity index (χ2n) is 9.48. The molecule has 0 aromatic heterocycles. The van der Waals surface area contributed by atoms with E-state index in [1.54, 1.807) is 41.5 Å². The number of nitrogen functional groups attached to an aromatic ring is 1. The molecule has 0 bridgehead atoms. The molecule has 0 unspecified atom stereocenters. The van der Waals surface area contributed by atoms with Gasteiger partial charge >= 0.3 is 12.2 Å². The summed E-state index contributed by atoms with van der Waals surface area (Å²) in [5.74, 6) is 0. The van der Waals surface area contributed by atoms with Gasteiger partial charge < -0.3 is 20.1 Å². The number of benzene rings is 1. The maximum atomic E-state index is 12.8. The third-order valence-electron chi connectivity index (χ3n) is 4.36. The highest BCUT2D eigenvalue weighted by Gasteiger charge is 2.32. The monoisotopic (exact) mass is 405 g/mol. The summed E-state index contributed by atoms with van der Waals surface area (Å²) in [7, 11) is 0. The van der Waals surface area contributed by atoms with E-state index in [0.29, 0.717) is 5.69 Å². The molecule has 0 spiro atoms. The van der Waals surface area contributed by atoms with Crippen molar-refractivity contribution in [2.75, 3.05) is 23.7 Å². The number of ether oxygens (including phenoxy) is 2. The number of carbonyl (C=O) groups excluding carboxylic acids is 2. The Bertz CT molecular complexity index is 701. The van der Waals surface area contributed by atoms with Crippen LogP contribution in [0.4, 0.5) is 21.0 Å². The first-order valence-corrected chi connectivity index (χ1v) is 10.2. The van der Waals surface area contributed by atoms with Crippen molar-refractivity contribution in [3.05, 3.63) is 23.8 Å². The second kappa shape index (κ2) is 8.93. The normalized spacial score (nSPS) is 15.0. The fraction of sp³-hybridized carbons (Fsp3) is 0.636. The van der Waals surface area contributed by atoms with Crippen molar-refractivity contribution in [1.82, 2.24) is 4.90 Å². The molecule has 0 atom stereocenters. The van der Waals surface area contributed by atoms with E-state index in [1.807, 2.05) is 18.2 Å². The Balaban J connectivity index is 2.35. The van der Waals surface area contributed by atoms with Gasteiger partial charge in [0.25, 0.3) is 0 Å². The smallest absolute Gasteiger partial charge is 0.420 e. The average molecular weight is 406 g/mol. The molecule has 7 heteroatoms. The molecule has 29 heavy (non-hydrogen) atoms. The highest BCUT2D eigenvalue weighted by Crippen LogP contribution is 2.28. The number of nitrogens with two attached hydrogens (primary N) is 1. The topological polar surface area (TPSA) is 85.1 Å². The van der Waals surface area contributed by atoms with E-state index in [-0.39, 0.29) is 6.54 Å². The Labute approximate surface area is 174 Å². The Hall–Kier alpha value is -2.44. The van der Waals surface area contributed by atoms with Gasteiger partial charge in [-0.1, -0.05) is 0 Å². The van der Waals surface area contributed by atoms with E-state index in [2.05, 4.69) is 4.90 Å². The second-order valence-corrected chi connectivity index (χ2v) is 9.48. The van der Waals surface area contributed by atoms with Crippen molar-refractivity contribution in [3.8, 4) is 0 Å². The Morgan fingerprint density at radius 2 is 1.48 bits per heavy atom. The lowest BCUT2D eigenvalue weighted by Crippen LogP contribution is -2.43. The predicted molar refractivity (Wildman–Crippen MR) is 115 cm³/mol. The lowest BCUT2D eigenvalue weighted by molar-refractivity contribution is -0.000218. The van der Waals surface area contributed by atoms with Crippen LogP contribution in [-0.4, -0.2) is 41.4 Å². The highest BCUT2D eigenvalue weighted by atomic mass is 16.6. The zero-order valence-electron chi connectivity index (χ0n) is 18.6. The third kappa shape index (κ3) is 7.15. The Morgan fingerprint density at radius 1 is 0.966 bits per heavy atom. The van der Waals surface area contributed by atoms with Crippen LogP contribution in [0.3, 0.4) is 0 Å². The molecule has 1 aliphatic rings. The quantitative estimate of drug-likeness (QED) is 0.718. The Morgan fingerprint density at radius 3 is 1.97 bits per heavy atom. The largest absolute Gasteiger partial charge is 0.443 e. The van der Waals surface area contributed by atoms with Crippen LogP contribution < -0.4 is 10.6 Å². The van der Waals surface area contributed by atoms with E-state index < -0.39 is 23.4 Å². The van der Waals surface area contributed by atoms with Gasteiger partial charge in [-0.3, -0.25) is 0 Å². The van der Waals surface area contributed by atoms with Crippen molar-refractivity contribution in [2.45, 2.75) is 78.6 Å². The summed E-state index contributed by atoms with van der Waals surface area (Å²) in [6.07, 6.45) is 1.97. The van der Waals surface area contributed by atoms with Gasteiger partial charge in [0, 0.05) is 24.5 Å². The summed E-state index contributed by atoms with van der Waals surface area (Å²) in [6.45, 7) is 12.5. The van der Waals surface area contributed by atoms with Gasteiger partial charge in [-0.2, -0.15) is 0 Å². The average Bonchev–Trinajstić information content (AvgIpc) is 2.57. The van der Waals surface area contributed by atoms with Gasteiger partial charge in [0.15, 0.2) is 0 Å². The molecule has 1 fully saturated rings. The van der Waals surface area contributed by atoms with Crippen LogP contribution >= 0.6 is 0 Å². The maximum Gasteiger partial charge on any atom is 0.420 e. The van der Waals surface area contributed by atoms with Crippen LogP contribution in [-0.2, 0) is 16.0 Å². The van der Waals surface area contributed by atoms with Crippen molar-refractivity contribution >= 4 is 23.6 Å². The molecule has 0 aliphatic carbocycles. The molecular weight excluding hydrogens is 370 g/mol. The first-order chi connectivity index (χ1) is 13.4. The molecule has 0 radical (unpaired) electrons. The molecule has 162 valence electrons. The molecule has 1 aromatic carbocycles. The number of rotatable bonds is 3. The molecule has 2 amide bonds. The van der Waals surface area contributed by atoms with Crippen LogP contribution in [0.2, 0.25) is 0 Å². The van der Waals surface area contributed by atoms with Crippen LogP contribution in [0, 0.1) is 0 Å². The lowest BCUT2D eigenvalue weighted by Gasteiger charge is -2.33. The number of amides is 2. The maximum absolute atomic E-state index is 12.8. The zero-order chi connectivity index (χ0) is 21.8. The van der Waals surface area contributed by atoms with Gasteiger partial charge in [-0.25, -0.2) is 14.5 Å². The molecule has 2 N–H and O–H groups in total. The number of anilines is 2. The van der Waals surface area contributed by atoms with Crippen molar-refractivity contribution in [3.63, 3.8) is 0 Å². The minimum absolute atomic E-state index is 0.0285. The van der Waals surface area contributed by atoms with Crippen LogP contribution in [0.15, 0.2) is 18.2 Å². The summed E-state index contributed by atoms with van der Waals surface area (Å²) in [5, 5.41) is 0. The van der Waals surface area contributed by atoms with Crippen molar-refractivity contribution in [1.29, 1.82) is 0 Å². The lowest BCUT2D eigenvalue weighted by atomic mass is 10.1. The molecule has 7 nitrogen and oxygen atoms in total. The van der Waals surface area contributed by atoms with Gasteiger partial charge in [0.05, 0.1) is 6.54 Å². The predicted octanol–water partition coefficient (Wildman–Crippen LogP) is 4.93. The van der Waals surface area contributed by atoms with E-state index in [9.17, 15) is 9.59 Å². The molecule has 2 rings (SSSR count). The van der Waals surface area contributed by atoms with Gasteiger partial charge in [-0.15, -0.1) is 0 Å². The molecular formula is C22H35N3O4. The number of hydrogen-bond acceptors (Lipinski definition) is 6. The molecule has 1 heterocycles. The van der Waals surface area contributed by atoms with E-state index >= 15 is 0 Å². The minimum Gasteiger partial charge on any atom is -0.443 e. The van der Waals surface area contributed by atoms with E-state index in [4.69, 9.17) is 15.2 Å².